The molecule has 2 aromatic rings. The Morgan fingerprint density at radius 2 is 1.73 bits per heavy atom. The van der Waals surface area contributed by atoms with Gasteiger partial charge in [-0.2, -0.15) is 0 Å². The van der Waals surface area contributed by atoms with E-state index in [1.54, 1.807) is 0 Å². The lowest BCUT2D eigenvalue weighted by Gasteiger charge is -2.20. The zero-order valence-corrected chi connectivity index (χ0v) is 11.3. The normalized spacial score (nSPS) is 15.5. The first kappa shape index (κ1) is 13.8. The van der Waals surface area contributed by atoms with E-state index in [2.05, 4.69) is 0 Å². The molecule has 0 saturated heterocycles. The highest BCUT2D eigenvalue weighted by atomic mass is 16.5. The van der Waals surface area contributed by atoms with Gasteiger partial charge in [0.2, 0.25) is 0 Å². The predicted octanol–water partition coefficient (Wildman–Crippen LogP) is 2.17. The minimum atomic E-state index is -0.425. The van der Waals surface area contributed by atoms with Crippen molar-refractivity contribution in [3.8, 4) is 28.7 Å². The number of hydrogen-bond acceptors (Lipinski definition) is 6. The van der Waals surface area contributed by atoms with E-state index in [-0.39, 0.29) is 46.5 Å². The van der Waals surface area contributed by atoms with Crippen molar-refractivity contribution in [2.24, 2.45) is 0 Å². The van der Waals surface area contributed by atoms with Crippen LogP contribution in [-0.4, -0.2) is 32.8 Å². The Kier molecular flexibility index (Phi) is 3.14. The van der Waals surface area contributed by atoms with Crippen molar-refractivity contribution in [2.45, 2.75) is 0 Å². The number of ether oxygens (including phenoxy) is 1. The van der Waals surface area contributed by atoms with E-state index in [0.29, 0.717) is 5.56 Å². The molecule has 0 spiro atoms. The average Bonchev–Trinajstić information content (AvgIpc) is 2.45. The molecule has 4 N–H and O–H groups in total. The van der Waals surface area contributed by atoms with Crippen molar-refractivity contribution in [1.82, 2.24) is 0 Å². The van der Waals surface area contributed by atoms with Crippen LogP contribution in [0, 0.1) is 0 Å². The quantitative estimate of drug-likeness (QED) is 0.475. The molecule has 0 amide bonds. The van der Waals surface area contributed by atoms with E-state index in [4.69, 9.17) is 4.74 Å². The summed E-state index contributed by atoms with van der Waals surface area (Å²) in [6.07, 6.45) is 1.50. The molecule has 6 nitrogen and oxygen atoms in total. The Morgan fingerprint density at radius 1 is 0.955 bits per heavy atom. The summed E-state index contributed by atoms with van der Waals surface area (Å²) in [5.74, 6) is -1.42. The maximum Gasteiger partial charge on any atom is 0.199 e. The Labute approximate surface area is 125 Å². The molecule has 0 aliphatic carbocycles. The molecule has 1 aliphatic rings. The van der Waals surface area contributed by atoms with E-state index < -0.39 is 5.78 Å². The molecule has 0 radical (unpaired) electrons. The molecule has 22 heavy (non-hydrogen) atoms. The third kappa shape index (κ3) is 2.31. The Balaban J connectivity index is 2.02. The van der Waals surface area contributed by atoms with Crippen LogP contribution >= 0.6 is 0 Å². The molecular weight excluding hydrogens is 288 g/mol. The molecule has 0 atom stereocenters. The first-order valence-electron chi connectivity index (χ1n) is 6.41. The minimum absolute atomic E-state index is 0.0155. The average molecular weight is 300 g/mol. The highest BCUT2D eigenvalue weighted by Crippen LogP contribution is 2.38. The van der Waals surface area contributed by atoms with Crippen LogP contribution in [0.4, 0.5) is 0 Å². The molecule has 0 unspecified atom stereocenters. The van der Waals surface area contributed by atoms with Gasteiger partial charge in [0.1, 0.15) is 29.4 Å². The van der Waals surface area contributed by atoms with E-state index in [1.807, 2.05) is 0 Å². The molecule has 112 valence electrons. The fourth-order valence-electron chi connectivity index (χ4n) is 2.25. The van der Waals surface area contributed by atoms with Crippen LogP contribution in [-0.2, 0) is 0 Å². The number of benzene rings is 2. The van der Waals surface area contributed by atoms with Gasteiger partial charge in [-0.25, -0.2) is 0 Å². The van der Waals surface area contributed by atoms with Gasteiger partial charge in [0.05, 0.1) is 0 Å². The van der Waals surface area contributed by atoms with Crippen LogP contribution in [0.25, 0.3) is 6.08 Å². The van der Waals surface area contributed by atoms with Crippen molar-refractivity contribution >= 4 is 11.9 Å². The minimum Gasteiger partial charge on any atom is -0.508 e. The van der Waals surface area contributed by atoms with E-state index in [9.17, 15) is 25.2 Å². The third-order valence-corrected chi connectivity index (χ3v) is 3.31. The van der Waals surface area contributed by atoms with Gasteiger partial charge in [0, 0.05) is 17.7 Å². The lowest BCUT2D eigenvalue weighted by molar-refractivity contribution is 0.0997. The van der Waals surface area contributed by atoms with Crippen molar-refractivity contribution in [2.75, 3.05) is 6.61 Å². The van der Waals surface area contributed by atoms with Crippen molar-refractivity contribution < 1.29 is 30.0 Å². The van der Waals surface area contributed by atoms with Crippen molar-refractivity contribution in [3.05, 3.63) is 47.0 Å². The lowest BCUT2D eigenvalue weighted by atomic mass is 9.97. The maximum absolute atomic E-state index is 12.4. The molecule has 0 saturated carbocycles. The summed E-state index contributed by atoms with van der Waals surface area (Å²) in [5, 5.41) is 37.9. The summed E-state index contributed by atoms with van der Waals surface area (Å²) in [6, 6.07) is 6.47. The summed E-state index contributed by atoms with van der Waals surface area (Å²) in [6.45, 7) is -0.0314. The Bertz CT molecular complexity index is 807. The summed E-state index contributed by atoms with van der Waals surface area (Å²) in [4.78, 5) is 12.4. The summed E-state index contributed by atoms with van der Waals surface area (Å²) in [5.41, 5.74) is 0.765. The zero-order valence-electron chi connectivity index (χ0n) is 11.3. The third-order valence-electron chi connectivity index (χ3n) is 3.31. The van der Waals surface area contributed by atoms with Crippen LogP contribution in [0.3, 0.4) is 0 Å². The molecule has 1 heterocycles. The molecular formula is C16H12O6. The SMILES string of the molecule is O=C1C(=Cc2ccc(O)c(O)c2)COc2cc(O)cc(O)c21. The summed E-state index contributed by atoms with van der Waals surface area (Å²) in [7, 11) is 0. The highest BCUT2D eigenvalue weighted by molar-refractivity contribution is 6.15. The van der Waals surface area contributed by atoms with E-state index in [1.165, 1.54) is 30.3 Å². The van der Waals surface area contributed by atoms with E-state index >= 15 is 0 Å². The van der Waals surface area contributed by atoms with Crippen LogP contribution in [0.15, 0.2) is 35.9 Å². The van der Waals surface area contributed by atoms with Gasteiger partial charge < -0.3 is 25.2 Å². The van der Waals surface area contributed by atoms with Crippen molar-refractivity contribution in [3.63, 3.8) is 0 Å². The van der Waals surface area contributed by atoms with Gasteiger partial charge in [-0.15, -0.1) is 0 Å². The monoisotopic (exact) mass is 300 g/mol. The molecule has 3 rings (SSSR count). The smallest absolute Gasteiger partial charge is 0.199 e. The number of fused-ring (bicyclic) bond motifs is 1. The predicted molar refractivity (Wildman–Crippen MR) is 77.3 cm³/mol. The van der Waals surface area contributed by atoms with Crippen LogP contribution < -0.4 is 4.74 Å². The van der Waals surface area contributed by atoms with Gasteiger partial charge in [0.15, 0.2) is 17.3 Å². The number of rotatable bonds is 1. The first-order chi connectivity index (χ1) is 10.5. The number of carbonyl (C=O) groups excluding carboxylic acids is 1. The molecule has 0 fully saturated rings. The van der Waals surface area contributed by atoms with Gasteiger partial charge >= 0.3 is 0 Å². The van der Waals surface area contributed by atoms with Gasteiger partial charge in [-0.05, 0) is 23.8 Å². The Morgan fingerprint density at radius 3 is 2.45 bits per heavy atom. The second-order valence-corrected chi connectivity index (χ2v) is 4.87. The second kappa shape index (κ2) is 5.00. The molecule has 0 bridgehead atoms. The maximum atomic E-state index is 12.4. The van der Waals surface area contributed by atoms with Gasteiger partial charge in [-0.1, -0.05) is 6.07 Å². The fraction of sp³-hybridized carbons (Fsp3) is 0.0625. The number of phenolic OH excluding ortho intramolecular Hbond substituents is 4. The standard InChI is InChI=1S/C16H12O6/c17-10-5-13(20)15-14(6-10)22-7-9(16(15)21)3-8-1-2-11(18)12(19)4-8/h1-6,17-20H,7H2. The lowest BCUT2D eigenvalue weighted by Crippen LogP contribution is -2.19. The van der Waals surface area contributed by atoms with Crippen LogP contribution in [0.5, 0.6) is 28.7 Å². The molecule has 2 aromatic carbocycles. The number of Topliss-reactive ketones (excluding diaryl/α,β-unsaturated/α-hetero) is 1. The van der Waals surface area contributed by atoms with Crippen molar-refractivity contribution in [1.29, 1.82) is 0 Å². The van der Waals surface area contributed by atoms with Gasteiger partial charge in [0.25, 0.3) is 0 Å². The first-order valence-corrected chi connectivity index (χ1v) is 6.41. The number of phenols is 4. The number of aromatic hydroxyl groups is 4. The topological polar surface area (TPSA) is 107 Å². The summed E-state index contributed by atoms with van der Waals surface area (Å²) >= 11 is 0. The number of hydrogen-bond donors (Lipinski definition) is 4. The van der Waals surface area contributed by atoms with E-state index in [0.717, 1.165) is 6.07 Å². The zero-order chi connectivity index (χ0) is 15.9. The highest BCUT2D eigenvalue weighted by Gasteiger charge is 2.27. The fourth-order valence-corrected chi connectivity index (χ4v) is 2.25. The van der Waals surface area contributed by atoms with Crippen LogP contribution in [0.2, 0.25) is 0 Å². The summed E-state index contributed by atoms with van der Waals surface area (Å²) < 4.78 is 5.37. The largest absolute Gasteiger partial charge is 0.508 e. The second-order valence-electron chi connectivity index (χ2n) is 4.87. The van der Waals surface area contributed by atoms with Gasteiger partial charge in [-0.3, -0.25) is 4.79 Å². The molecule has 0 aromatic heterocycles. The molecule has 1 aliphatic heterocycles. The number of carbonyl (C=O) groups is 1. The van der Waals surface area contributed by atoms with Crippen LogP contribution in [0.1, 0.15) is 15.9 Å². The Hall–Kier alpha value is -3.15. The number of ketones is 1. The molecule has 6 heteroatoms.